The summed E-state index contributed by atoms with van der Waals surface area (Å²) in [6.07, 6.45) is -0.152. The Bertz CT molecular complexity index is 1310. The summed E-state index contributed by atoms with van der Waals surface area (Å²) >= 11 is 1.10. The van der Waals surface area contributed by atoms with Crippen LogP contribution in [0.2, 0.25) is 0 Å². The van der Waals surface area contributed by atoms with Gasteiger partial charge in [0.05, 0.1) is 9.67 Å². The zero-order chi connectivity index (χ0) is 24.6. The molecule has 11 heteroatoms. The van der Waals surface area contributed by atoms with Crippen molar-refractivity contribution in [3.05, 3.63) is 94.2 Å². The predicted octanol–water partition coefficient (Wildman–Crippen LogP) is 4.22. The number of likely N-dealkylation sites (tertiary alicyclic amines) is 1. The summed E-state index contributed by atoms with van der Waals surface area (Å²) in [4.78, 5) is 42.1. The van der Waals surface area contributed by atoms with Crippen LogP contribution in [0.3, 0.4) is 0 Å². The number of pyridine rings is 1. The van der Waals surface area contributed by atoms with Gasteiger partial charge in [0.15, 0.2) is 5.03 Å². The molecule has 5 rings (SSSR count). The largest absolute Gasteiger partial charge is 0.480 e. The van der Waals surface area contributed by atoms with Crippen molar-refractivity contribution in [2.75, 3.05) is 5.32 Å². The molecule has 3 heterocycles. The van der Waals surface area contributed by atoms with Crippen molar-refractivity contribution >= 4 is 35.2 Å². The second-order valence-corrected chi connectivity index (χ2v) is 9.49. The van der Waals surface area contributed by atoms with Crippen LogP contribution in [0.25, 0.3) is 0 Å². The Morgan fingerprint density at radius 2 is 1.91 bits per heavy atom. The number of hydrogen-bond donors (Lipinski definition) is 2. The van der Waals surface area contributed by atoms with Gasteiger partial charge in [-0.2, -0.15) is 0 Å². The Hall–Kier alpha value is -4.12. The topological polar surface area (TPSA) is 135 Å². The van der Waals surface area contributed by atoms with E-state index < -0.39 is 33.9 Å². The first kappa shape index (κ1) is 22.7. The second-order valence-electron chi connectivity index (χ2n) is 8.17. The summed E-state index contributed by atoms with van der Waals surface area (Å²) in [5.74, 6) is -1.19. The Balaban J connectivity index is 1.54. The molecule has 2 aliphatic heterocycles. The molecule has 2 aromatic carbocycles. The highest BCUT2D eigenvalue weighted by molar-refractivity contribution is 8.00. The first-order chi connectivity index (χ1) is 16.9. The third-order valence-corrected chi connectivity index (χ3v) is 7.64. The number of thioether (sulfide) groups is 1. The molecule has 0 radical (unpaired) electrons. The number of amides is 1. The molecule has 35 heavy (non-hydrogen) atoms. The van der Waals surface area contributed by atoms with E-state index >= 15 is 0 Å². The maximum Gasteiger partial charge on any atom is 0.412 e. The number of rotatable bonds is 6. The highest BCUT2D eigenvalue weighted by Crippen LogP contribution is 2.59. The van der Waals surface area contributed by atoms with E-state index in [1.165, 1.54) is 23.2 Å². The fraction of sp³-hybridized carbons (Fsp3) is 0.208. The van der Waals surface area contributed by atoms with Crippen molar-refractivity contribution in [2.45, 2.75) is 35.0 Å². The summed E-state index contributed by atoms with van der Waals surface area (Å²) in [6.45, 7) is -0.0198. The van der Waals surface area contributed by atoms with Gasteiger partial charge >= 0.3 is 17.7 Å². The third kappa shape index (κ3) is 3.93. The maximum atomic E-state index is 13.3. The van der Waals surface area contributed by atoms with Gasteiger partial charge in [-0.05, 0) is 23.3 Å². The van der Waals surface area contributed by atoms with Crippen LogP contribution in [-0.4, -0.2) is 44.2 Å². The van der Waals surface area contributed by atoms with Gasteiger partial charge in [0, 0.05) is 24.4 Å². The lowest BCUT2D eigenvalue weighted by atomic mass is 9.95. The van der Waals surface area contributed by atoms with Gasteiger partial charge in [-0.1, -0.05) is 60.3 Å². The summed E-state index contributed by atoms with van der Waals surface area (Å²) in [7, 11) is 0. The third-order valence-electron chi connectivity index (χ3n) is 6.16. The number of ether oxygens (including phenoxy) is 1. The maximum absolute atomic E-state index is 13.3. The summed E-state index contributed by atoms with van der Waals surface area (Å²) in [6, 6.07) is 18.0. The fourth-order valence-corrected chi connectivity index (χ4v) is 6.15. The molecule has 3 atom stereocenters. The van der Waals surface area contributed by atoms with Crippen molar-refractivity contribution in [2.24, 2.45) is 0 Å². The molecular formula is C24H20N4O6S. The fourth-order valence-electron chi connectivity index (χ4n) is 4.63. The van der Waals surface area contributed by atoms with E-state index in [1.807, 2.05) is 42.5 Å². The number of carbonyl (C=O) groups is 2. The lowest BCUT2D eigenvalue weighted by molar-refractivity contribution is -0.388. The summed E-state index contributed by atoms with van der Waals surface area (Å²) in [5.41, 5.74) is 2.04. The first-order valence-electron chi connectivity index (χ1n) is 10.8. The first-order valence-corrected chi connectivity index (χ1v) is 11.6. The van der Waals surface area contributed by atoms with E-state index in [-0.39, 0.29) is 23.7 Å². The van der Waals surface area contributed by atoms with Gasteiger partial charge < -0.3 is 15.2 Å². The number of fused-ring (bicyclic) bond motifs is 3. The molecule has 2 N–H and O–H groups in total. The van der Waals surface area contributed by atoms with Gasteiger partial charge in [-0.15, -0.1) is 0 Å². The standard InChI is InChI=1S/C24H20N4O6S/c29-21(30)19-13-24(35-20-18(28(32)33)11-6-12-25-20)16-9-4-5-10-17(16)26-22(24)27(19)23(31)34-14-15-7-2-1-3-8-15/h1-12,19,22,26H,13-14H2,(H,29,30)/t19-,22?,24?/m0/s1. The van der Waals surface area contributed by atoms with E-state index in [1.54, 1.807) is 12.1 Å². The Labute approximate surface area is 204 Å². The van der Waals surface area contributed by atoms with Crippen molar-refractivity contribution in [3.8, 4) is 0 Å². The number of aromatic nitrogens is 1. The number of benzene rings is 2. The number of carbonyl (C=O) groups excluding carboxylic acids is 1. The molecule has 0 aliphatic carbocycles. The molecule has 1 amide bonds. The lowest BCUT2D eigenvalue weighted by Crippen LogP contribution is -2.49. The highest BCUT2D eigenvalue weighted by Gasteiger charge is 2.62. The van der Waals surface area contributed by atoms with Crippen LogP contribution in [0.1, 0.15) is 17.5 Å². The van der Waals surface area contributed by atoms with Crippen LogP contribution in [0.5, 0.6) is 0 Å². The molecule has 2 aliphatic rings. The van der Waals surface area contributed by atoms with Crippen LogP contribution >= 0.6 is 11.8 Å². The molecule has 0 spiro atoms. The van der Waals surface area contributed by atoms with Crippen molar-refractivity contribution in [3.63, 3.8) is 0 Å². The van der Waals surface area contributed by atoms with Crippen molar-refractivity contribution < 1.29 is 24.4 Å². The minimum Gasteiger partial charge on any atom is -0.480 e. The number of anilines is 1. The number of para-hydroxylation sites is 1. The van der Waals surface area contributed by atoms with Crippen LogP contribution < -0.4 is 5.32 Å². The number of carboxylic acid groups (broad SMARTS) is 1. The summed E-state index contributed by atoms with van der Waals surface area (Å²) in [5, 5.41) is 25.1. The average Bonchev–Trinajstić information content (AvgIpc) is 3.34. The molecule has 0 bridgehead atoms. The highest BCUT2D eigenvalue weighted by atomic mass is 32.2. The number of aliphatic carboxylic acids is 1. The Morgan fingerprint density at radius 1 is 1.17 bits per heavy atom. The second kappa shape index (κ2) is 8.91. The van der Waals surface area contributed by atoms with Crippen molar-refractivity contribution in [1.82, 2.24) is 9.88 Å². The zero-order valence-corrected chi connectivity index (χ0v) is 19.1. The number of carboxylic acids is 1. The Morgan fingerprint density at radius 3 is 2.66 bits per heavy atom. The number of nitro groups is 1. The minimum absolute atomic E-state index is 0.00977. The van der Waals surface area contributed by atoms with E-state index in [9.17, 15) is 24.8 Å². The molecule has 1 saturated heterocycles. The molecule has 178 valence electrons. The molecule has 10 nitrogen and oxygen atoms in total. The van der Waals surface area contributed by atoms with E-state index in [0.29, 0.717) is 5.69 Å². The Kier molecular flexibility index (Phi) is 5.77. The zero-order valence-electron chi connectivity index (χ0n) is 18.2. The van der Waals surface area contributed by atoms with Crippen molar-refractivity contribution in [1.29, 1.82) is 0 Å². The van der Waals surface area contributed by atoms with Gasteiger partial charge in [0.1, 0.15) is 18.8 Å². The normalized spacial score (nSPS) is 22.1. The number of hydrogen-bond acceptors (Lipinski definition) is 8. The predicted molar refractivity (Wildman–Crippen MR) is 127 cm³/mol. The molecular weight excluding hydrogens is 472 g/mol. The average molecular weight is 493 g/mol. The van der Waals surface area contributed by atoms with E-state index in [4.69, 9.17) is 4.74 Å². The molecule has 3 aromatic rings. The number of nitrogens with zero attached hydrogens (tertiary/aromatic N) is 3. The van der Waals surface area contributed by atoms with Crippen LogP contribution in [0, 0.1) is 10.1 Å². The van der Waals surface area contributed by atoms with Gasteiger partial charge in [0.2, 0.25) is 0 Å². The van der Waals surface area contributed by atoms with Gasteiger partial charge in [0.25, 0.3) is 0 Å². The van der Waals surface area contributed by atoms with E-state index in [0.717, 1.165) is 22.9 Å². The lowest BCUT2D eigenvalue weighted by Gasteiger charge is -2.31. The van der Waals surface area contributed by atoms with Gasteiger partial charge in [-0.25, -0.2) is 14.6 Å². The molecule has 1 fully saturated rings. The number of nitrogens with one attached hydrogen (secondary N) is 1. The molecule has 1 aromatic heterocycles. The quantitative estimate of drug-likeness (QED) is 0.383. The van der Waals surface area contributed by atoms with Crippen LogP contribution in [0.4, 0.5) is 16.2 Å². The minimum atomic E-state index is -1.21. The van der Waals surface area contributed by atoms with Crippen LogP contribution in [-0.2, 0) is 20.9 Å². The van der Waals surface area contributed by atoms with Gasteiger partial charge in [-0.3, -0.25) is 15.0 Å². The van der Waals surface area contributed by atoms with Crippen LogP contribution in [0.15, 0.2) is 78.0 Å². The smallest absolute Gasteiger partial charge is 0.412 e. The summed E-state index contributed by atoms with van der Waals surface area (Å²) < 4.78 is 4.47. The molecule has 2 unspecified atom stereocenters. The monoisotopic (exact) mass is 492 g/mol. The molecule has 0 saturated carbocycles. The SMILES string of the molecule is O=C(O)[C@@H]1CC2(Sc3ncccc3[N+](=O)[O-])c3ccccc3NC2N1C(=O)OCc1ccccc1. The van der Waals surface area contributed by atoms with E-state index in [2.05, 4.69) is 10.3 Å².